The maximum atomic E-state index is 14.0. The zero-order valence-electron chi connectivity index (χ0n) is 19.3. The monoisotopic (exact) mass is 502 g/mol. The standard InChI is InChI=1S/C27H29Cl2FN2O2/c1-2-33-26-15-19(14-23(29)27(26)34-18-20-8-4-5-9-24(20)30)17-31-21-10-11-25(22(28)16-21)32-12-6-3-7-13-32/h4-5,8-11,14-16,31H,2-3,6-7,12-13,17-18H2,1H3. The van der Waals surface area contributed by atoms with Crippen molar-refractivity contribution in [2.75, 3.05) is 29.9 Å². The fourth-order valence-electron chi connectivity index (χ4n) is 4.10. The lowest BCUT2D eigenvalue weighted by atomic mass is 10.1. The number of hydrogen-bond donors (Lipinski definition) is 1. The number of ether oxygens (including phenoxy) is 2. The van der Waals surface area contributed by atoms with Crippen molar-refractivity contribution in [3.05, 3.63) is 81.6 Å². The maximum Gasteiger partial charge on any atom is 0.180 e. The van der Waals surface area contributed by atoms with Gasteiger partial charge in [-0.2, -0.15) is 0 Å². The van der Waals surface area contributed by atoms with Gasteiger partial charge in [0.25, 0.3) is 0 Å². The Balaban J connectivity index is 1.45. The Morgan fingerprint density at radius 1 is 0.941 bits per heavy atom. The number of anilines is 2. The molecule has 1 aliphatic heterocycles. The predicted molar refractivity (Wildman–Crippen MR) is 138 cm³/mol. The molecule has 1 fully saturated rings. The molecule has 0 aliphatic carbocycles. The van der Waals surface area contributed by atoms with E-state index in [0.717, 1.165) is 35.1 Å². The molecule has 3 aromatic carbocycles. The lowest BCUT2D eigenvalue weighted by Gasteiger charge is -2.29. The Kier molecular flexibility index (Phi) is 8.41. The topological polar surface area (TPSA) is 33.7 Å². The molecule has 1 N–H and O–H groups in total. The summed E-state index contributed by atoms with van der Waals surface area (Å²) < 4.78 is 25.6. The molecular weight excluding hydrogens is 474 g/mol. The summed E-state index contributed by atoms with van der Waals surface area (Å²) >= 11 is 13.1. The SMILES string of the molecule is CCOc1cc(CNc2ccc(N3CCCCC3)c(Cl)c2)cc(Cl)c1OCc1ccccc1F. The fourth-order valence-corrected chi connectivity index (χ4v) is 4.69. The molecule has 0 unspecified atom stereocenters. The van der Waals surface area contributed by atoms with Crippen LogP contribution in [0.25, 0.3) is 0 Å². The second kappa shape index (κ2) is 11.7. The molecule has 0 spiro atoms. The normalized spacial score (nSPS) is 13.6. The Morgan fingerprint density at radius 2 is 1.74 bits per heavy atom. The molecule has 1 saturated heterocycles. The minimum Gasteiger partial charge on any atom is -0.490 e. The van der Waals surface area contributed by atoms with Gasteiger partial charge in [0.15, 0.2) is 11.5 Å². The van der Waals surface area contributed by atoms with Crippen LogP contribution in [0.5, 0.6) is 11.5 Å². The molecule has 4 nitrogen and oxygen atoms in total. The first-order valence-corrected chi connectivity index (χ1v) is 12.4. The zero-order valence-corrected chi connectivity index (χ0v) is 20.8. The van der Waals surface area contributed by atoms with Crippen LogP contribution in [0.3, 0.4) is 0 Å². The van der Waals surface area contributed by atoms with E-state index in [4.69, 9.17) is 32.7 Å². The van der Waals surface area contributed by atoms with Crippen molar-refractivity contribution in [2.45, 2.75) is 39.3 Å². The molecule has 1 heterocycles. The minimum atomic E-state index is -0.317. The van der Waals surface area contributed by atoms with Crippen LogP contribution < -0.4 is 19.7 Å². The first kappa shape index (κ1) is 24.5. The van der Waals surface area contributed by atoms with Crippen molar-refractivity contribution < 1.29 is 13.9 Å². The lowest BCUT2D eigenvalue weighted by Crippen LogP contribution is -2.29. The summed E-state index contributed by atoms with van der Waals surface area (Å²) in [6, 6.07) is 16.3. The van der Waals surface area contributed by atoms with E-state index < -0.39 is 0 Å². The fraction of sp³-hybridized carbons (Fsp3) is 0.333. The van der Waals surface area contributed by atoms with E-state index in [9.17, 15) is 4.39 Å². The zero-order chi connectivity index (χ0) is 23.9. The Morgan fingerprint density at radius 3 is 2.47 bits per heavy atom. The summed E-state index contributed by atoms with van der Waals surface area (Å²) in [6.45, 7) is 5.05. The summed E-state index contributed by atoms with van der Waals surface area (Å²) in [5.74, 6) is 0.619. The molecule has 0 aromatic heterocycles. The number of nitrogens with zero attached hydrogens (tertiary/aromatic N) is 1. The van der Waals surface area contributed by atoms with E-state index in [1.165, 1.54) is 25.3 Å². The van der Waals surface area contributed by atoms with Crippen LogP contribution in [-0.2, 0) is 13.2 Å². The first-order chi connectivity index (χ1) is 16.5. The van der Waals surface area contributed by atoms with Crippen molar-refractivity contribution in [2.24, 2.45) is 0 Å². The summed E-state index contributed by atoms with van der Waals surface area (Å²) in [4.78, 5) is 2.35. The van der Waals surface area contributed by atoms with Gasteiger partial charge in [-0.1, -0.05) is 41.4 Å². The molecule has 3 aromatic rings. The second-order valence-electron chi connectivity index (χ2n) is 8.29. The maximum absolute atomic E-state index is 14.0. The van der Waals surface area contributed by atoms with Gasteiger partial charge >= 0.3 is 0 Å². The highest BCUT2D eigenvalue weighted by Crippen LogP contribution is 2.38. The molecule has 180 valence electrons. The van der Waals surface area contributed by atoms with Crippen LogP contribution in [0, 0.1) is 5.82 Å². The van der Waals surface area contributed by atoms with Crippen LogP contribution >= 0.6 is 23.2 Å². The lowest BCUT2D eigenvalue weighted by molar-refractivity contribution is 0.266. The predicted octanol–water partition coefficient (Wildman–Crippen LogP) is 7.71. The number of piperidine rings is 1. The van der Waals surface area contributed by atoms with E-state index in [1.807, 2.05) is 31.2 Å². The number of nitrogens with one attached hydrogen (secondary N) is 1. The van der Waals surface area contributed by atoms with Crippen molar-refractivity contribution in [3.63, 3.8) is 0 Å². The highest BCUT2D eigenvalue weighted by molar-refractivity contribution is 6.33. The molecule has 0 saturated carbocycles. The smallest absolute Gasteiger partial charge is 0.180 e. The quantitative estimate of drug-likeness (QED) is 0.324. The van der Waals surface area contributed by atoms with Crippen molar-refractivity contribution in [1.29, 1.82) is 0 Å². The van der Waals surface area contributed by atoms with Gasteiger partial charge in [-0.3, -0.25) is 0 Å². The summed E-state index contributed by atoms with van der Waals surface area (Å²) in [5, 5.41) is 4.57. The Labute approximate surface area is 210 Å². The Bertz CT molecular complexity index is 1120. The van der Waals surface area contributed by atoms with Gasteiger partial charge in [-0.25, -0.2) is 4.39 Å². The number of benzene rings is 3. The van der Waals surface area contributed by atoms with Gasteiger partial charge in [0, 0.05) is 30.9 Å². The van der Waals surface area contributed by atoms with Gasteiger partial charge in [0.05, 0.1) is 22.3 Å². The van der Waals surface area contributed by atoms with Crippen LogP contribution in [-0.4, -0.2) is 19.7 Å². The molecule has 0 atom stereocenters. The molecular formula is C27H29Cl2FN2O2. The average Bonchev–Trinajstić information content (AvgIpc) is 2.84. The third-order valence-corrected chi connectivity index (χ3v) is 6.42. The van der Waals surface area contributed by atoms with Gasteiger partial charge in [-0.15, -0.1) is 0 Å². The minimum absolute atomic E-state index is 0.0614. The highest BCUT2D eigenvalue weighted by Gasteiger charge is 2.16. The molecule has 7 heteroatoms. The largest absolute Gasteiger partial charge is 0.490 e. The number of rotatable bonds is 9. The van der Waals surface area contributed by atoms with Crippen LogP contribution in [0.2, 0.25) is 10.0 Å². The summed E-state index contributed by atoms with van der Waals surface area (Å²) in [6.07, 6.45) is 3.70. The van der Waals surface area contributed by atoms with Crippen LogP contribution in [0.4, 0.5) is 15.8 Å². The second-order valence-corrected chi connectivity index (χ2v) is 9.10. The van der Waals surface area contributed by atoms with E-state index in [-0.39, 0.29) is 12.4 Å². The van der Waals surface area contributed by atoms with E-state index in [2.05, 4.69) is 16.3 Å². The highest BCUT2D eigenvalue weighted by atomic mass is 35.5. The number of halogens is 3. The third kappa shape index (κ3) is 6.08. The van der Waals surface area contributed by atoms with Gasteiger partial charge in [0.1, 0.15) is 12.4 Å². The van der Waals surface area contributed by atoms with Crippen LogP contribution in [0.15, 0.2) is 54.6 Å². The molecule has 4 rings (SSSR count). The number of hydrogen-bond acceptors (Lipinski definition) is 4. The molecule has 0 amide bonds. The van der Waals surface area contributed by atoms with Gasteiger partial charge in [-0.05, 0) is 68.1 Å². The summed E-state index contributed by atoms with van der Waals surface area (Å²) in [5.41, 5.74) is 3.41. The first-order valence-electron chi connectivity index (χ1n) is 11.6. The summed E-state index contributed by atoms with van der Waals surface area (Å²) in [7, 11) is 0. The third-order valence-electron chi connectivity index (χ3n) is 5.84. The van der Waals surface area contributed by atoms with E-state index in [1.54, 1.807) is 18.2 Å². The van der Waals surface area contributed by atoms with Crippen molar-refractivity contribution >= 4 is 34.6 Å². The molecule has 1 aliphatic rings. The molecule has 0 radical (unpaired) electrons. The molecule has 34 heavy (non-hydrogen) atoms. The van der Waals surface area contributed by atoms with Crippen LogP contribution in [0.1, 0.15) is 37.3 Å². The van der Waals surface area contributed by atoms with Gasteiger partial charge in [0.2, 0.25) is 0 Å². The molecule has 0 bridgehead atoms. The van der Waals surface area contributed by atoms with Gasteiger partial charge < -0.3 is 19.7 Å². The van der Waals surface area contributed by atoms with E-state index in [0.29, 0.717) is 35.2 Å². The van der Waals surface area contributed by atoms with Crippen molar-refractivity contribution in [1.82, 2.24) is 0 Å². The van der Waals surface area contributed by atoms with Crippen molar-refractivity contribution in [3.8, 4) is 11.5 Å². The average molecular weight is 503 g/mol. The van der Waals surface area contributed by atoms with E-state index >= 15 is 0 Å². The Hall–Kier alpha value is -2.63.